The smallest absolute Gasteiger partial charge is 0.338 e. The van der Waals surface area contributed by atoms with Gasteiger partial charge in [-0.1, -0.05) is 34.1 Å². The zero-order chi connectivity index (χ0) is 21.8. The van der Waals surface area contributed by atoms with Crippen LogP contribution in [0, 0.1) is 0 Å². The van der Waals surface area contributed by atoms with Crippen molar-refractivity contribution in [3.05, 3.63) is 41.7 Å². The molecule has 1 N–H and O–H groups in total. The zero-order valence-electron chi connectivity index (χ0n) is 18.0. The predicted octanol–water partition coefficient (Wildman–Crippen LogP) is 4.52. The summed E-state index contributed by atoms with van der Waals surface area (Å²) in [5.41, 5.74) is 0.824. The van der Waals surface area contributed by atoms with Crippen LogP contribution in [0.5, 0.6) is 0 Å². The van der Waals surface area contributed by atoms with Crippen molar-refractivity contribution in [1.82, 2.24) is 9.78 Å². The number of benzene rings is 1. The lowest BCUT2D eigenvalue weighted by molar-refractivity contribution is 0.0500. The molecule has 0 unspecified atom stereocenters. The summed E-state index contributed by atoms with van der Waals surface area (Å²) in [5, 5.41) is 4.50. The third-order valence-corrected chi connectivity index (χ3v) is 5.71. The first-order valence-electron chi connectivity index (χ1n) is 9.85. The fraction of sp³-hybridized carbons (Fsp3) is 0.524. The fourth-order valence-corrected chi connectivity index (χ4v) is 4.04. The summed E-state index contributed by atoms with van der Waals surface area (Å²) in [7, 11) is -3.84. The Balaban J connectivity index is 2.25. The van der Waals surface area contributed by atoms with Gasteiger partial charge in [0.15, 0.2) is 0 Å². The molecule has 0 bridgehead atoms. The largest absolute Gasteiger partial charge is 0.462 e. The summed E-state index contributed by atoms with van der Waals surface area (Å²) in [4.78, 5) is 12.1. The van der Waals surface area contributed by atoms with Gasteiger partial charge in [0.25, 0.3) is 10.0 Å². The molecular formula is C21H31N3O4S. The molecule has 0 aliphatic carbocycles. The highest BCUT2D eigenvalue weighted by Crippen LogP contribution is 2.30. The first kappa shape index (κ1) is 22.9. The van der Waals surface area contributed by atoms with Gasteiger partial charge in [-0.15, -0.1) is 0 Å². The van der Waals surface area contributed by atoms with Crippen molar-refractivity contribution in [3.8, 4) is 0 Å². The molecular weight excluding hydrogens is 390 g/mol. The maximum absolute atomic E-state index is 13.0. The summed E-state index contributed by atoms with van der Waals surface area (Å²) in [6, 6.07) is 6.25. The highest BCUT2D eigenvalue weighted by molar-refractivity contribution is 7.92. The molecule has 0 aliphatic rings. The van der Waals surface area contributed by atoms with Crippen LogP contribution in [0.15, 0.2) is 35.4 Å². The Hall–Kier alpha value is -2.35. The van der Waals surface area contributed by atoms with E-state index in [1.807, 2.05) is 41.5 Å². The van der Waals surface area contributed by atoms with Crippen molar-refractivity contribution in [2.24, 2.45) is 0 Å². The maximum Gasteiger partial charge on any atom is 0.338 e. The van der Waals surface area contributed by atoms with E-state index in [9.17, 15) is 13.2 Å². The first-order valence-corrected chi connectivity index (χ1v) is 11.3. The van der Waals surface area contributed by atoms with Gasteiger partial charge < -0.3 is 4.74 Å². The van der Waals surface area contributed by atoms with E-state index in [1.54, 1.807) is 35.1 Å². The van der Waals surface area contributed by atoms with Crippen LogP contribution in [0.1, 0.15) is 76.5 Å². The third-order valence-electron chi connectivity index (χ3n) is 4.33. The Kier molecular flexibility index (Phi) is 7.11. The molecule has 2 aromatic rings. The summed E-state index contributed by atoms with van der Waals surface area (Å²) in [6.07, 6.45) is 3.31. The molecule has 0 spiro atoms. The van der Waals surface area contributed by atoms with Crippen LogP contribution in [0.25, 0.3) is 0 Å². The van der Waals surface area contributed by atoms with Crippen molar-refractivity contribution >= 4 is 21.7 Å². The molecule has 0 atom stereocenters. The number of anilines is 1. The molecule has 2 rings (SSSR count). The number of nitrogens with zero attached hydrogens (tertiary/aromatic N) is 2. The number of unbranched alkanes of at least 4 members (excludes halogenated alkanes) is 1. The van der Waals surface area contributed by atoms with Crippen molar-refractivity contribution in [2.45, 2.75) is 70.7 Å². The molecule has 160 valence electrons. The lowest BCUT2D eigenvalue weighted by Gasteiger charge is -2.18. The normalized spacial score (nSPS) is 12.2. The predicted molar refractivity (Wildman–Crippen MR) is 114 cm³/mol. The molecule has 0 aliphatic heterocycles. The first-order chi connectivity index (χ1) is 13.5. The fourth-order valence-electron chi connectivity index (χ4n) is 2.63. The molecule has 0 amide bonds. The molecule has 1 aromatic heterocycles. The summed E-state index contributed by atoms with van der Waals surface area (Å²) < 4.78 is 35.5. The third kappa shape index (κ3) is 5.82. The average molecular weight is 422 g/mol. The van der Waals surface area contributed by atoms with Crippen molar-refractivity contribution in [3.63, 3.8) is 0 Å². The van der Waals surface area contributed by atoms with Gasteiger partial charge in [-0.05, 0) is 44.5 Å². The van der Waals surface area contributed by atoms with E-state index in [1.165, 1.54) is 0 Å². The van der Waals surface area contributed by atoms with Crippen molar-refractivity contribution < 1.29 is 17.9 Å². The lowest BCUT2D eigenvalue weighted by Crippen LogP contribution is -2.20. The number of esters is 1. The van der Waals surface area contributed by atoms with E-state index in [2.05, 4.69) is 9.82 Å². The van der Waals surface area contributed by atoms with E-state index in [0.717, 1.165) is 12.8 Å². The van der Waals surface area contributed by atoms with E-state index in [-0.39, 0.29) is 10.9 Å². The van der Waals surface area contributed by atoms with Crippen LogP contribution in [0.3, 0.4) is 0 Å². The van der Waals surface area contributed by atoms with Crippen LogP contribution >= 0.6 is 0 Å². The van der Waals surface area contributed by atoms with Crippen molar-refractivity contribution in [2.75, 3.05) is 11.3 Å². The van der Waals surface area contributed by atoms with E-state index < -0.39 is 21.4 Å². The number of hydrogen-bond acceptors (Lipinski definition) is 5. The molecule has 1 heterocycles. The summed E-state index contributed by atoms with van der Waals surface area (Å²) in [6.45, 7) is 12.1. The van der Waals surface area contributed by atoms with Crippen LogP contribution in [-0.2, 0) is 20.2 Å². The van der Waals surface area contributed by atoms with E-state index in [4.69, 9.17) is 4.74 Å². The minimum absolute atomic E-state index is 0.0399. The molecule has 29 heavy (non-hydrogen) atoms. The monoisotopic (exact) mass is 421 g/mol. The Bertz CT molecular complexity index is 939. The molecule has 0 fully saturated rings. The minimum atomic E-state index is -3.84. The summed E-state index contributed by atoms with van der Waals surface area (Å²) >= 11 is 0. The van der Waals surface area contributed by atoms with Gasteiger partial charge in [0, 0.05) is 23.3 Å². The zero-order valence-corrected chi connectivity index (χ0v) is 18.8. The van der Waals surface area contributed by atoms with Crippen LogP contribution < -0.4 is 4.72 Å². The number of sulfonamides is 1. The topological polar surface area (TPSA) is 90.3 Å². The van der Waals surface area contributed by atoms with Gasteiger partial charge in [0.05, 0.1) is 17.9 Å². The van der Waals surface area contributed by atoms with E-state index in [0.29, 0.717) is 23.6 Å². The van der Waals surface area contributed by atoms with E-state index >= 15 is 0 Å². The van der Waals surface area contributed by atoms with Gasteiger partial charge in [0.1, 0.15) is 4.90 Å². The number of rotatable bonds is 8. The van der Waals surface area contributed by atoms with Gasteiger partial charge in [-0.3, -0.25) is 9.40 Å². The average Bonchev–Trinajstić information content (AvgIpc) is 3.09. The summed E-state index contributed by atoms with van der Waals surface area (Å²) in [5.74, 6) is -0.416. The molecule has 8 heteroatoms. The number of carbonyl (C=O) groups is 1. The van der Waals surface area contributed by atoms with Crippen LogP contribution in [-0.4, -0.2) is 30.8 Å². The molecule has 7 nitrogen and oxygen atoms in total. The highest BCUT2D eigenvalue weighted by Gasteiger charge is 2.30. The highest BCUT2D eigenvalue weighted by atomic mass is 32.2. The molecule has 0 saturated heterocycles. The van der Waals surface area contributed by atoms with Crippen molar-refractivity contribution in [1.29, 1.82) is 0 Å². The van der Waals surface area contributed by atoms with Gasteiger partial charge in [-0.2, -0.15) is 5.10 Å². The standard InChI is InChI=1S/C21H31N3O4S/c1-7-8-13-28-20(25)16-9-11-17(12-10-16)23-29(26,27)18-14-24(15(2)3)22-19(18)21(4,5)6/h9-12,14-15,23H,7-8,13H2,1-6H3. The lowest BCUT2D eigenvalue weighted by atomic mass is 9.92. The number of nitrogens with one attached hydrogen (secondary N) is 1. The second-order valence-electron chi connectivity index (χ2n) is 8.34. The number of aromatic nitrogens is 2. The van der Waals surface area contributed by atoms with Gasteiger partial charge in [-0.25, -0.2) is 13.2 Å². The SMILES string of the molecule is CCCCOC(=O)c1ccc(NS(=O)(=O)c2cn(C(C)C)nc2C(C)(C)C)cc1. The number of ether oxygens (including phenoxy) is 1. The Morgan fingerprint density at radius 3 is 2.34 bits per heavy atom. The molecule has 0 saturated carbocycles. The van der Waals surface area contributed by atoms with Crippen LogP contribution in [0.2, 0.25) is 0 Å². The van der Waals surface area contributed by atoms with Crippen LogP contribution in [0.4, 0.5) is 5.69 Å². The Morgan fingerprint density at radius 2 is 1.83 bits per heavy atom. The Morgan fingerprint density at radius 1 is 1.21 bits per heavy atom. The van der Waals surface area contributed by atoms with Gasteiger partial charge in [0.2, 0.25) is 0 Å². The second-order valence-corrected chi connectivity index (χ2v) is 9.99. The number of carbonyl (C=O) groups excluding carboxylic acids is 1. The molecule has 1 aromatic carbocycles. The maximum atomic E-state index is 13.0. The molecule has 0 radical (unpaired) electrons. The van der Waals surface area contributed by atoms with Gasteiger partial charge >= 0.3 is 5.97 Å². The quantitative estimate of drug-likeness (QED) is 0.500. The Labute approximate surface area is 173 Å². The number of hydrogen-bond donors (Lipinski definition) is 1. The minimum Gasteiger partial charge on any atom is -0.462 e. The second kappa shape index (κ2) is 8.98.